The molecule has 496 valence electrons. The van der Waals surface area contributed by atoms with E-state index in [-0.39, 0.29) is 0 Å². The van der Waals surface area contributed by atoms with Crippen LogP contribution in [0.25, 0.3) is 0 Å². The minimum atomic E-state index is -3.48. The molecule has 6 rings (SSSR count). The molecule has 0 spiro atoms. The molecule has 0 aromatic rings. The highest BCUT2D eigenvalue weighted by atomic mass is 16.8. The van der Waals surface area contributed by atoms with Crippen molar-refractivity contribution >= 4 is 29.6 Å². The Morgan fingerprint density at radius 1 is 0.477 bits per heavy atom. The van der Waals surface area contributed by atoms with Crippen LogP contribution in [0, 0.1) is 0 Å². The highest BCUT2D eigenvalue weighted by molar-refractivity contribution is 5.78. The average molecular weight is 1260 g/mol. The van der Waals surface area contributed by atoms with Crippen LogP contribution in [0.4, 0.5) is 0 Å². The van der Waals surface area contributed by atoms with Gasteiger partial charge in [-0.2, -0.15) is 0 Å². The largest absolute Gasteiger partial charge is 0.477 e. The summed E-state index contributed by atoms with van der Waals surface area (Å²) >= 11 is 0. The Morgan fingerprint density at radius 3 is 1.49 bits per heavy atom. The third-order valence-corrected chi connectivity index (χ3v) is 15.1. The van der Waals surface area contributed by atoms with Crippen LogP contribution >= 0.6 is 0 Å². The molecule has 0 bridgehead atoms. The zero-order chi connectivity index (χ0) is 64.0. The summed E-state index contributed by atoms with van der Waals surface area (Å²) in [7, 11) is 0. The maximum atomic E-state index is 13.8. The number of aliphatic hydroxyl groups excluding tert-OH is 18. The van der Waals surface area contributed by atoms with E-state index in [1.165, 1.54) is 0 Å². The molecule has 4 amide bonds. The summed E-state index contributed by atoms with van der Waals surface area (Å²) in [5, 5.41) is 215. The number of hydrogen-bond acceptors (Lipinski definition) is 34. The third kappa shape index (κ3) is 15.7. The first-order valence-corrected chi connectivity index (χ1v) is 26.9. The van der Waals surface area contributed by atoms with Crippen LogP contribution in [0.3, 0.4) is 0 Å². The number of ether oxygens (including phenoxy) is 11. The summed E-state index contributed by atoms with van der Waals surface area (Å²) in [4.78, 5) is 64.1. The van der Waals surface area contributed by atoms with Gasteiger partial charge in [-0.15, -0.1) is 0 Å². The summed E-state index contributed by atoms with van der Waals surface area (Å²) in [6.07, 6.45) is -56.4. The summed E-state index contributed by atoms with van der Waals surface area (Å²) in [5.41, 5.74) is 0. The van der Waals surface area contributed by atoms with Crippen molar-refractivity contribution in [1.29, 1.82) is 0 Å². The van der Waals surface area contributed by atoms with Gasteiger partial charge in [0.2, 0.25) is 23.6 Å². The van der Waals surface area contributed by atoms with Crippen LogP contribution in [0.15, 0.2) is 0 Å². The number of hydrogen-bond donors (Lipinski definition) is 23. The monoisotopic (exact) mass is 1260 g/mol. The molecule has 6 aliphatic rings. The molecule has 6 saturated heterocycles. The van der Waals surface area contributed by atoms with Gasteiger partial charge in [-0.1, -0.05) is 0 Å². The van der Waals surface area contributed by atoms with E-state index in [4.69, 9.17) is 52.1 Å². The second-order valence-electron chi connectivity index (χ2n) is 21.2. The van der Waals surface area contributed by atoms with Crippen molar-refractivity contribution in [2.75, 3.05) is 46.2 Å². The fourth-order valence-electron chi connectivity index (χ4n) is 10.8. The smallest absolute Gasteiger partial charge is 0.364 e. The Morgan fingerprint density at radius 2 is 0.930 bits per heavy atom. The summed E-state index contributed by atoms with van der Waals surface area (Å²) in [5.74, 6) is -9.70. The van der Waals surface area contributed by atoms with Crippen LogP contribution in [0.2, 0.25) is 0 Å². The molecule has 39 nitrogen and oxygen atoms in total. The Bertz CT molecular complexity index is 2230. The molecule has 6 heterocycles. The van der Waals surface area contributed by atoms with Crippen LogP contribution in [-0.4, -0.2) is 362 Å². The lowest BCUT2D eigenvalue weighted by molar-refractivity contribution is -0.398. The van der Waals surface area contributed by atoms with Crippen LogP contribution < -0.4 is 21.3 Å². The third-order valence-electron chi connectivity index (χ3n) is 15.1. The van der Waals surface area contributed by atoms with Crippen molar-refractivity contribution in [2.45, 2.75) is 217 Å². The van der Waals surface area contributed by atoms with Gasteiger partial charge in [-0.25, -0.2) is 4.79 Å². The molecule has 0 aliphatic carbocycles. The van der Waals surface area contributed by atoms with Gasteiger partial charge in [-0.3, -0.25) is 19.2 Å². The molecule has 23 N–H and O–H groups in total. The van der Waals surface area contributed by atoms with Crippen molar-refractivity contribution in [3.63, 3.8) is 0 Å². The molecule has 0 radical (unpaired) electrons. The molecular formula is C47H78N4O35. The molecule has 39 heteroatoms. The second-order valence-corrected chi connectivity index (χ2v) is 21.2. The zero-order valence-electron chi connectivity index (χ0n) is 46.0. The number of aliphatic hydroxyl groups is 18. The van der Waals surface area contributed by atoms with Crippen molar-refractivity contribution in [3.8, 4) is 0 Å². The topological polar surface area (TPSA) is 619 Å². The highest BCUT2D eigenvalue weighted by Crippen LogP contribution is 2.41. The Balaban J connectivity index is 1.44. The number of carbonyl (C=O) groups is 5. The van der Waals surface area contributed by atoms with E-state index in [2.05, 4.69) is 21.3 Å². The first-order valence-electron chi connectivity index (χ1n) is 26.9. The summed E-state index contributed by atoms with van der Waals surface area (Å²) in [6, 6.07) is -7.53. The number of amides is 4. The van der Waals surface area contributed by atoms with Gasteiger partial charge in [0.05, 0.1) is 51.8 Å². The van der Waals surface area contributed by atoms with Crippen molar-refractivity contribution in [1.82, 2.24) is 21.3 Å². The Kier molecular flexibility index (Phi) is 25.5. The predicted molar refractivity (Wildman–Crippen MR) is 264 cm³/mol. The second kappa shape index (κ2) is 30.8. The van der Waals surface area contributed by atoms with E-state index in [0.29, 0.717) is 0 Å². The van der Waals surface area contributed by atoms with E-state index in [1.54, 1.807) is 0 Å². The lowest BCUT2D eigenvalue weighted by Gasteiger charge is -2.53. The molecule has 6 aliphatic heterocycles. The van der Waals surface area contributed by atoms with Gasteiger partial charge in [0.1, 0.15) is 147 Å². The van der Waals surface area contributed by atoms with Crippen LogP contribution in [-0.2, 0) is 76.1 Å². The number of carbonyl (C=O) groups excluding carboxylic acids is 4. The van der Waals surface area contributed by atoms with Crippen LogP contribution in [0.5, 0.6) is 0 Å². The van der Waals surface area contributed by atoms with Crippen molar-refractivity contribution < 1.29 is 173 Å². The van der Waals surface area contributed by atoms with Gasteiger partial charge < -0.3 is 170 Å². The zero-order valence-corrected chi connectivity index (χ0v) is 46.0. The van der Waals surface area contributed by atoms with Gasteiger partial charge in [0.15, 0.2) is 31.5 Å². The SMILES string of the molecule is CC(=O)N[C@H]1[C@H](O[C@@H]2[C@H](O)[C@@H](O)[C@H](O[C@@H]3[C@H](O[C@]4(C(=O)O)C[C@H](O)[C@@H](NC(=O)CO)[C@H]([C@H](O)[C@H](O)CO)O4)[C@@H](NC(C)=O)[C@H](O[C@H]4[C@@H](O)[C@@H](CO)O[C@@H](O[C@H]5[C@@H](O)[C@@H](CO)OC(O)[C@@H]5NC(C)=O)[C@@H]4O)O[C@@H]3CO)O[C@@H]2CO)O[C@H](CO)[C@H](O)[C@@H]1O. The number of nitrogens with one attached hydrogen (secondary N) is 4. The first-order chi connectivity index (χ1) is 40.5. The highest BCUT2D eigenvalue weighted by Gasteiger charge is 2.63. The standard InChI is InChI=1S/C47H78N4O35/c1-12(59)48-24-31(69)28(66)17(6-53)77-42(24)81-35-20(9-56)80-44(33(71)32(35)70)82-36-21(10-57)79-43(84-40-30(68)19(8-55)78-45(34(40)72)83-37-25(49-13(2)60)41(73)76-18(7-54)29(37)67)26(50-14(3)61)39(36)86-47(46(74)75)4-15(62)23(51-22(64)11-58)38(85-47)27(65)16(63)5-52/h15-21,23-45,52-58,62-63,65-73H,4-11H2,1-3H3,(H,48,59)(H,49,60)(H,50,61)(H,51,64)(H,74,75)/t15-,16+,17+,18+,19+,20+,21+,23+,24+,25+,26+,27+,28-,29-,30-,31+,32+,33+,34+,35-,36-,37+,38+,39+,40-,41?,42-,43-,44-,45-,47-/m0/s1. The maximum Gasteiger partial charge on any atom is 0.364 e. The molecule has 6 fully saturated rings. The normalized spacial score (nSPS) is 44.6. The van der Waals surface area contributed by atoms with Gasteiger partial charge in [0, 0.05) is 27.2 Å². The number of carboxylic acid groups (broad SMARTS) is 1. The van der Waals surface area contributed by atoms with E-state index in [1.807, 2.05) is 0 Å². The Hall–Kier alpha value is -3.81. The average Bonchev–Trinajstić information content (AvgIpc) is 0.899. The molecule has 0 aromatic carbocycles. The van der Waals surface area contributed by atoms with E-state index >= 15 is 0 Å². The maximum absolute atomic E-state index is 13.8. The number of carboxylic acids is 1. The van der Waals surface area contributed by atoms with E-state index < -0.39 is 272 Å². The molecular weight excluding hydrogens is 1180 g/mol. The molecule has 1 unspecified atom stereocenters. The van der Waals surface area contributed by atoms with Crippen LogP contribution in [0.1, 0.15) is 27.2 Å². The lowest BCUT2D eigenvalue weighted by atomic mass is 9.87. The van der Waals surface area contributed by atoms with Gasteiger partial charge in [0.25, 0.3) is 5.79 Å². The Labute approximate surface area is 486 Å². The predicted octanol–water partition coefficient (Wildman–Crippen LogP) is -15.3. The lowest BCUT2D eigenvalue weighted by Crippen LogP contribution is -2.73. The minimum absolute atomic E-state index is 0.805. The fourth-order valence-corrected chi connectivity index (χ4v) is 10.8. The molecule has 86 heavy (non-hydrogen) atoms. The van der Waals surface area contributed by atoms with Gasteiger partial charge in [-0.05, 0) is 0 Å². The number of aliphatic carboxylic acids is 1. The van der Waals surface area contributed by atoms with Gasteiger partial charge >= 0.3 is 5.97 Å². The van der Waals surface area contributed by atoms with E-state index in [0.717, 1.165) is 20.8 Å². The molecule has 31 atom stereocenters. The molecule has 0 aromatic heterocycles. The van der Waals surface area contributed by atoms with E-state index in [9.17, 15) is 121 Å². The van der Waals surface area contributed by atoms with Crippen molar-refractivity contribution in [2.24, 2.45) is 0 Å². The minimum Gasteiger partial charge on any atom is -0.477 e. The van der Waals surface area contributed by atoms with Crippen molar-refractivity contribution in [3.05, 3.63) is 0 Å². The molecule has 0 saturated carbocycles. The fraction of sp³-hybridized carbons (Fsp3) is 0.894. The summed E-state index contributed by atoms with van der Waals surface area (Å²) in [6.45, 7) is -5.19. The number of rotatable bonds is 24. The first kappa shape index (κ1) is 71.3. The quantitative estimate of drug-likeness (QED) is 0.0427. The summed E-state index contributed by atoms with van der Waals surface area (Å²) < 4.78 is 64.4.